The average Bonchev–Trinajstić information content (AvgIpc) is 2.50. The lowest BCUT2D eigenvalue weighted by molar-refractivity contribution is -0.115. The fourth-order valence-corrected chi connectivity index (χ4v) is 2.32. The van der Waals surface area contributed by atoms with Gasteiger partial charge in [-0.3, -0.25) is 4.79 Å². The molecule has 2 aromatic rings. The zero-order valence-corrected chi connectivity index (χ0v) is 12.4. The Morgan fingerprint density at radius 1 is 1.33 bits per heavy atom. The minimum absolute atomic E-state index is 0.127. The Bertz CT molecular complexity index is 664. The van der Waals surface area contributed by atoms with Gasteiger partial charge in [-0.2, -0.15) is 5.26 Å². The quantitative estimate of drug-likeness (QED) is 0.678. The Morgan fingerprint density at radius 2 is 2.05 bits per heavy atom. The first-order valence-electron chi connectivity index (χ1n) is 6.39. The number of benzene rings is 1. The number of hydrogen-bond acceptors (Lipinski definition) is 5. The van der Waals surface area contributed by atoms with E-state index in [4.69, 9.17) is 5.26 Å². The van der Waals surface area contributed by atoms with Gasteiger partial charge in [0.1, 0.15) is 6.07 Å². The summed E-state index contributed by atoms with van der Waals surface area (Å²) < 4.78 is 0. The normalized spacial score (nSPS) is 9.90. The second kappa shape index (κ2) is 7.41. The summed E-state index contributed by atoms with van der Waals surface area (Å²) in [7, 11) is 0. The Kier molecular flexibility index (Phi) is 5.29. The van der Waals surface area contributed by atoms with Crippen LogP contribution in [0.15, 0.2) is 41.8 Å². The summed E-state index contributed by atoms with van der Waals surface area (Å²) in [6.07, 6.45) is 3.83. The molecule has 0 fully saturated rings. The summed E-state index contributed by atoms with van der Waals surface area (Å²) >= 11 is 1.43. The van der Waals surface area contributed by atoms with Crippen LogP contribution in [0.3, 0.4) is 0 Å². The van der Waals surface area contributed by atoms with Crippen molar-refractivity contribution in [3.8, 4) is 6.07 Å². The predicted molar refractivity (Wildman–Crippen MR) is 81.9 cm³/mol. The number of anilines is 1. The van der Waals surface area contributed by atoms with Gasteiger partial charge in [-0.05, 0) is 24.6 Å². The maximum atomic E-state index is 11.9. The molecule has 0 spiro atoms. The molecule has 5 nitrogen and oxygen atoms in total. The lowest BCUT2D eigenvalue weighted by Gasteiger charge is -2.06. The number of amides is 1. The smallest absolute Gasteiger partial charge is 0.225 e. The molecule has 0 bridgehead atoms. The summed E-state index contributed by atoms with van der Waals surface area (Å²) in [5.41, 5.74) is 2.01. The van der Waals surface area contributed by atoms with Gasteiger partial charge in [0.2, 0.25) is 5.91 Å². The van der Waals surface area contributed by atoms with E-state index >= 15 is 0 Å². The maximum absolute atomic E-state index is 11.9. The van der Waals surface area contributed by atoms with Gasteiger partial charge in [0.25, 0.3) is 0 Å². The molecule has 2 rings (SSSR count). The maximum Gasteiger partial charge on any atom is 0.225 e. The summed E-state index contributed by atoms with van der Waals surface area (Å²) in [6.45, 7) is 1.93. The topological polar surface area (TPSA) is 78.7 Å². The highest BCUT2D eigenvalue weighted by Gasteiger charge is 2.07. The van der Waals surface area contributed by atoms with Gasteiger partial charge in [0.05, 0.1) is 11.3 Å². The summed E-state index contributed by atoms with van der Waals surface area (Å²) in [5.74, 6) is 0.459. The number of aryl methyl sites for hydroxylation is 1. The molecule has 0 unspecified atom stereocenters. The summed E-state index contributed by atoms with van der Waals surface area (Å²) in [4.78, 5) is 20.2. The first-order chi connectivity index (χ1) is 10.2. The molecule has 6 heteroatoms. The van der Waals surface area contributed by atoms with E-state index in [0.717, 1.165) is 5.56 Å². The Labute approximate surface area is 127 Å². The van der Waals surface area contributed by atoms with Gasteiger partial charge in [-0.25, -0.2) is 9.97 Å². The van der Waals surface area contributed by atoms with E-state index in [9.17, 15) is 4.79 Å². The fourth-order valence-electron chi connectivity index (χ4n) is 1.59. The number of carbonyl (C=O) groups is 1. The highest BCUT2D eigenvalue weighted by atomic mass is 32.2. The van der Waals surface area contributed by atoms with Crippen molar-refractivity contribution in [2.75, 3.05) is 11.1 Å². The van der Waals surface area contributed by atoms with Gasteiger partial charge in [0, 0.05) is 24.6 Å². The van der Waals surface area contributed by atoms with Crippen molar-refractivity contribution in [2.45, 2.75) is 18.5 Å². The number of aromatic nitrogens is 2. The molecule has 0 aliphatic heterocycles. The van der Waals surface area contributed by atoms with E-state index in [2.05, 4.69) is 15.3 Å². The molecular formula is C15H14N4OS. The third kappa shape index (κ3) is 4.58. The third-order valence-corrected chi connectivity index (χ3v) is 3.52. The van der Waals surface area contributed by atoms with Crippen molar-refractivity contribution in [3.05, 3.63) is 47.8 Å². The van der Waals surface area contributed by atoms with E-state index < -0.39 is 0 Å². The zero-order chi connectivity index (χ0) is 15.1. The number of para-hydroxylation sites is 1. The van der Waals surface area contributed by atoms with Gasteiger partial charge in [-0.15, -0.1) is 0 Å². The van der Waals surface area contributed by atoms with Crippen molar-refractivity contribution in [1.29, 1.82) is 5.26 Å². The number of nitrogens with zero attached hydrogens (tertiary/aromatic N) is 3. The van der Waals surface area contributed by atoms with Gasteiger partial charge in [-0.1, -0.05) is 23.9 Å². The Morgan fingerprint density at radius 3 is 2.76 bits per heavy atom. The summed E-state index contributed by atoms with van der Waals surface area (Å²) in [5, 5.41) is 12.4. The average molecular weight is 298 g/mol. The lowest BCUT2D eigenvalue weighted by atomic mass is 10.2. The molecule has 106 valence electrons. The molecule has 1 N–H and O–H groups in total. The van der Waals surface area contributed by atoms with Crippen molar-refractivity contribution in [1.82, 2.24) is 9.97 Å². The largest absolute Gasteiger partial charge is 0.325 e. The zero-order valence-electron chi connectivity index (χ0n) is 11.5. The summed E-state index contributed by atoms with van der Waals surface area (Å²) in [6, 6.07) is 8.98. The monoisotopic (exact) mass is 298 g/mol. The second-order valence-electron chi connectivity index (χ2n) is 4.35. The van der Waals surface area contributed by atoms with E-state index in [1.54, 1.807) is 36.7 Å². The van der Waals surface area contributed by atoms with Crippen LogP contribution in [-0.2, 0) is 4.79 Å². The molecule has 1 aromatic carbocycles. The van der Waals surface area contributed by atoms with Gasteiger partial charge >= 0.3 is 0 Å². The molecule has 0 radical (unpaired) electrons. The third-order valence-electron chi connectivity index (χ3n) is 2.64. The molecule has 0 aliphatic rings. The van der Waals surface area contributed by atoms with Gasteiger partial charge in [0.15, 0.2) is 5.16 Å². The van der Waals surface area contributed by atoms with Crippen LogP contribution in [0, 0.1) is 18.3 Å². The van der Waals surface area contributed by atoms with Crippen molar-refractivity contribution in [2.24, 2.45) is 0 Å². The highest BCUT2D eigenvalue weighted by Crippen LogP contribution is 2.16. The SMILES string of the molecule is Cc1cnc(SCCC(=O)Nc2ccccc2C#N)nc1. The molecule has 0 aliphatic carbocycles. The number of rotatable bonds is 5. The van der Waals surface area contributed by atoms with Crippen LogP contribution in [0.5, 0.6) is 0 Å². The van der Waals surface area contributed by atoms with Crippen LogP contribution in [0.1, 0.15) is 17.5 Å². The molecule has 21 heavy (non-hydrogen) atoms. The standard InChI is InChI=1S/C15H14N4OS/c1-11-9-17-15(18-10-11)21-7-6-14(20)19-13-5-3-2-4-12(13)8-16/h2-5,9-10H,6-7H2,1H3,(H,19,20). The van der Waals surface area contributed by atoms with Crippen LogP contribution < -0.4 is 5.32 Å². The van der Waals surface area contributed by atoms with E-state index in [1.165, 1.54) is 11.8 Å². The van der Waals surface area contributed by atoms with Crippen molar-refractivity contribution in [3.63, 3.8) is 0 Å². The number of nitrogens with one attached hydrogen (secondary N) is 1. The number of nitriles is 1. The Balaban J connectivity index is 1.82. The number of carbonyl (C=O) groups excluding carboxylic acids is 1. The first kappa shape index (κ1) is 15.0. The molecule has 0 saturated heterocycles. The molecule has 0 saturated carbocycles. The highest BCUT2D eigenvalue weighted by molar-refractivity contribution is 7.99. The van der Waals surface area contributed by atoms with Crippen LogP contribution in [0.2, 0.25) is 0 Å². The first-order valence-corrected chi connectivity index (χ1v) is 7.38. The molecule has 1 aromatic heterocycles. The van der Waals surface area contributed by atoms with E-state index in [1.807, 2.05) is 13.0 Å². The predicted octanol–water partition coefficient (Wildman–Crippen LogP) is 2.78. The van der Waals surface area contributed by atoms with E-state index in [0.29, 0.717) is 28.6 Å². The molecular weight excluding hydrogens is 284 g/mol. The van der Waals surface area contributed by atoms with Gasteiger partial charge < -0.3 is 5.32 Å². The van der Waals surface area contributed by atoms with Crippen LogP contribution in [0.25, 0.3) is 0 Å². The van der Waals surface area contributed by atoms with Crippen LogP contribution >= 0.6 is 11.8 Å². The minimum atomic E-state index is -0.127. The molecule has 1 amide bonds. The second-order valence-corrected chi connectivity index (χ2v) is 5.41. The molecule has 1 heterocycles. The molecule has 0 atom stereocenters. The van der Waals surface area contributed by atoms with Crippen molar-refractivity contribution < 1.29 is 4.79 Å². The van der Waals surface area contributed by atoms with Crippen LogP contribution in [-0.4, -0.2) is 21.6 Å². The Hall–Kier alpha value is -2.39. The van der Waals surface area contributed by atoms with E-state index in [-0.39, 0.29) is 5.91 Å². The lowest BCUT2D eigenvalue weighted by Crippen LogP contribution is -2.13. The number of hydrogen-bond donors (Lipinski definition) is 1. The van der Waals surface area contributed by atoms with Crippen LogP contribution in [0.4, 0.5) is 5.69 Å². The minimum Gasteiger partial charge on any atom is -0.325 e. The fraction of sp³-hybridized carbons (Fsp3) is 0.200. The number of thioether (sulfide) groups is 1. The van der Waals surface area contributed by atoms with Crippen molar-refractivity contribution >= 4 is 23.4 Å².